The maximum absolute atomic E-state index is 14.6. The Morgan fingerprint density at radius 2 is 2.04 bits per heavy atom. The highest BCUT2D eigenvalue weighted by Crippen LogP contribution is 2.55. The summed E-state index contributed by atoms with van der Waals surface area (Å²) in [6, 6.07) is 3.35. The molecule has 0 aromatic heterocycles. The van der Waals surface area contributed by atoms with Crippen molar-refractivity contribution in [2.45, 2.75) is 77.3 Å². The van der Waals surface area contributed by atoms with Crippen LogP contribution in [0.5, 0.6) is 0 Å². The molecule has 1 aliphatic heterocycles. The number of hydrogen-bond donors (Lipinski definition) is 2. The van der Waals surface area contributed by atoms with Crippen LogP contribution < -0.4 is 5.48 Å². The molecule has 0 unspecified atom stereocenters. The Bertz CT molecular complexity index is 707. The van der Waals surface area contributed by atoms with E-state index < -0.39 is 5.91 Å². The summed E-state index contributed by atoms with van der Waals surface area (Å²) in [5.74, 6) is -0.222. The van der Waals surface area contributed by atoms with Crippen LogP contribution in [-0.4, -0.2) is 28.6 Å². The van der Waals surface area contributed by atoms with Gasteiger partial charge in [0, 0.05) is 24.7 Å². The first kappa shape index (κ1) is 18.9. The van der Waals surface area contributed by atoms with Crippen LogP contribution in [0.25, 0.3) is 0 Å². The average Bonchev–Trinajstić information content (AvgIpc) is 2.66. The number of carbonyl (C=O) groups is 1. The fourth-order valence-corrected chi connectivity index (χ4v) is 5.92. The maximum atomic E-state index is 14.6. The molecule has 1 amide bonds. The molecule has 2 aliphatic carbocycles. The zero-order valence-electron chi connectivity index (χ0n) is 16.3. The third kappa shape index (κ3) is 3.64. The number of nitrogens with zero attached hydrogens (tertiary/aromatic N) is 1. The summed E-state index contributed by atoms with van der Waals surface area (Å²) >= 11 is 0. The van der Waals surface area contributed by atoms with Crippen LogP contribution in [-0.2, 0) is 13.0 Å². The highest BCUT2D eigenvalue weighted by molar-refractivity contribution is 5.93. The van der Waals surface area contributed by atoms with Gasteiger partial charge in [-0.25, -0.2) is 9.87 Å². The fourth-order valence-electron chi connectivity index (χ4n) is 5.92. The highest BCUT2D eigenvalue weighted by Gasteiger charge is 2.45. The first-order valence-electron chi connectivity index (χ1n) is 10.5. The van der Waals surface area contributed by atoms with Crippen molar-refractivity contribution in [1.82, 2.24) is 10.4 Å². The van der Waals surface area contributed by atoms with Gasteiger partial charge in [0.15, 0.2) is 0 Å². The van der Waals surface area contributed by atoms with E-state index in [1.54, 1.807) is 11.5 Å². The van der Waals surface area contributed by atoms with Crippen molar-refractivity contribution in [1.29, 1.82) is 0 Å². The minimum absolute atomic E-state index is 0.188. The van der Waals surface area contributed by atoms with E-state index in [1.165, 1.54) is 51.0 Å². The Hall–Kier alpha value is -1.46. The van der Waals surface area contributed by atoms with Gasteiger partial charge in [0.1, 0.15) is 5.82 Å². The van der Waals surface area contributed by atoms with E-state index in [0.717, 1.165) is 30.0 Å². The van der Waals surface area contributed by atoms with E-state index in [-0.39, 0.29) is 11.4 Å². The molecule has 1 spiro atoms. The number of carbonyl (C=O) groups excluding carboxylic acids is 1. The Morgan fingerprint density at radius 1 is 1.30 bits per heavy atom. The van der Waals surface area contributed by atoms with E-state index in [0.29, 0.717) is 24.4 Å². The summed E-state index contributed by atoms with van der Waals surface area (Å²) in [7, 11) is 0. The number of benzene rings is 1. The molecule has 1 atom stereocenters. The molecular formula is C22H31FN2O2. The molecule has 0 radical (unpaired) electrons. The second kappa shape index (κ2) is 7.51. The number of fused-ring (bicyclic) bond motifs is 1. The van der Waals surface area contributed by atoms with Gasteiger partial charge in [-0.2, -0.15) is 0 Å². The number of hydrogen-bond acceptors (Lipinski definition) is 3. The van der Waals surface area contributed by atoms with Crippen molar-refractivity contribution < 1.29 is 14.4 Å². The molecule has 2 N–H and O–H groups in total. The van der Waals surface area contributed by atoms with Gasteiger partial charge in [-0.3, -0.25) is 14.9 Å². The third-order valence-corrected chi connectivity index (χ3v) is 7.30. The van der Waals surface area contributed by atoms with Gasteiger partial charge in [-0.1, -0.05) is 26.2 Å². The van der Waals surface area contributed by atoms with Gasteiger partial charge >= 0.3 is 0 Å². The van der Waals surface area contributed by atoms with Crippen LogP contribution in [0.4, 0.5) is 4.39 Å². The predicted molar refractivity (Wildman–Crippen MR) is 102 cm³/mol. The van der Waals surface area contributed by atoms with Crippen LogP contribution in [0.15, 0.2) is 12.1 Å². The Labute approximate surface area is 161 Å². The van der Waals surface area contributed by atoms with Crippen LogP contribution in [0.1, 0.15) is 79.8 Å². The standard InChI is InChI=1S/C22H31FN2O2/c1-2-18-10-19-17(8-16(9-20(19)23)21(26)24-27)14-25(18)13-15-11-22(12-15)6-4-3-5-7-22/h8-9,15,18,27H,2-7,10-14H2,1H3,(H,24,26)/t18-/m0/s1. The predicted octanol–water partition coefficient (Wildman–Crippen LogP) is 4.44. The minimum Gasteiger partial charge on any atom is -0.296 e. The van der Waals surface area contributed by atoms with E-state index in [4.69, 9.17) is 5.21 Å². The average molecular weight is 375 g/mol. The van der Waals surface area contributed by atoms with Gasteiger partial charge in [0.2, 0.25) is 0 Å². The quantitative estimate of drug-likeness (QED) is 0.605. The molecule has 3 aliphatic rings. The lowest BCUT2D eigenvalue weighted by Crippen LogP contribution is -2.48. The van der Waals surface area contributed by atoms with Crippen molar-refractivity contribution in [3.05, 3.63) is 34.6 Å². The summed E-state index contributed by atoms with van der Waals surface area (Å²) in [6.45, 7) is 3.95. The zero-order chi connectivity index (χ0) is 19.0. The molecule has 0 saturated heterocycles. The lowest BCUT2D eigenvalue weighted by Gasteiger charge is -2.52. The Kier molecular flexibility index (Phi) is 5.26. The number of nitrogens with one attached hydrogen (secondary N) is 1. The molecule has 1 heterocycles. The number of rotatable bonds is 4. The highest BCUT2D eigenvalue weighted by atomic mass is 19.1. The largest absolute Gasteiger partial charge is 0.296 e. The van der Waals surface area contributed by atoms with E-state index in [9.17, 15) is 9.18 Å². The Balaban J connectivity index is 1.47. The number of hydroxylamine groups is 1. The summed E-state index contributed by atoms with van der Waals surface area (Å²) in [5, 5.41) is 8.86. The number of halogens is 1. The molecule has 1 aromatic carbocycles. The molecule has 148 valence electrons. The second-order valence-corrected chi connectivity index (χ2v) is 9.07. The summed E-state index contributed by atoms with van der Waals surface area (Å²) < 4.78 is 14.6. The molecule has 1 aromatic rings. The van der Waals surface area contributed by atoms with Crippen LogP contribution in [0.2, 0.25) is 0 Å². The van der Waals surface area contributed by atoms with Crippen molar-refractivity contribution in [2.75, 3.05) is 6.54 Å². The van der Waals surface area contributed by atoms with Gasteiger partial charge in [0.25, 0.3) is 5.91 Å². The van der Waals surface area contributed by atoms with Gasteiger partial charge in [-0.15, -0.1) is 0 Å². The van der Waals surface area contributed by atoms with Gasteiger partial charge < -0.3 is 0 Å². The van der Waals surface area contributed by atoms with E-state index in [2.05, 4.69) is 11.8 Å². The lowest BCUT2D eigenvalue weighted by molar-refractivity contribution is -0.0141. The van der Waals surface area contributed by atoms with E-state index in [1.807, 2.05) is 0 Å². The second-order valence-electron chi connectivity index (χ2n) is 9.07. The molecule has 4 nitrogen and oxygen atoms in total. The zero-order valence-corrected chi connectivity index (χ0v) is 16.3. The van der Waals surface area contributed by atoms with Crippen molar-refractivity contribution in [3.63, 3.8) is 0 Å². The van der Waals surface area contributed by atoms with Crippen molar-refractivity contribution in [2.24, 2.45) is 11.3 Å². The summed E-state index contributed by atoms with van der Waals surface area (Å²) in [6.07, 6.45) is 11.5. The maximum Gasteiger partial charge on any atom is 0.274 e. The molecular weight excluding hydrogens is 343 g/mol. The SMILES string of the molecule is CC[C@H]1Cc2c(F)cc(C(=O)NO)cc2CN1CC1CC2(CCCCC2)C1. The van der Waals surface area contributed by atoms with Crippen molar-refractivity contribution >= 4 is 5.91 Å². The third-order valence-electron chi connectivity index (χ3n) is 7.30. The Morgan fingerprint density at radius 3 is 2.70 bits per heavy atom. The fraction of sp³-hybridized carbons (Fsp3) is 0.682. The molecule has 2 fully saturated rings. The molecule has 5 heteroatoms. The summed E-state index contributed by atoms with van der Waals surface area (Å²) in [4.78, 5) is 14.2. The number of amides is 1. The van der Waals surface area contributed by atoms with Gasteiger partial charge in [-0.05, 0) is 73.1 Å². The first-order valence-corrected chi connectivity index (χ1v) is 10.5. The van der Waals surface area contributed by atoms with Crippen LogP contribution in [0, 0.1) is 17.2 Å². The van der Waals surface area contributed by atoms with Crippen LogP contribution in [0.3, 0.4) is 0 Å². The minimum atomic E-state index is -0.654. The molecule has 0 bridgehead atoms. The topological polar surface area (TPSA) is 52.6 Å². The van der Waals surface area contributed by atoms with Crippen molar-refractivity contribution in [3.8, 4) is 0 Å². The van der Waals surface area contributed by atoms with E-state index >= 15 is 0 Å². The van der Waals surface area contributed by atoms with Crippen LogP contribution >= 0.6 is 0 Å². The lowest BCUT2D eigenvalue weighted by atomic mass is 9.55. The smallest absolute Gasteiger partial charge is 0.274 e. The normalized spacial score (nSPS) is 25.1. The summed E-state index contributed by atoms with van der Waals surface area (Å²) in [5.41, 5.74) is 4.07. The molecule has 4 rings (SSSR count). The first-order chi connectivity index (χ1) is 13.0. The van der Waals surface area contributed by atoms with Gasteiger partial charge in [0.05, 0.1) is 0 Å². The molecule has 27 heavy (non-hydrogen) atoms. The molecule has 2 saturated carbocycles. The monoisotopic (exact) mass is 374 g/mol.